The van der Waals surface area contributed by atoms with Gasteiger partial charge in [-0.2, -0.15) is 0 Å². The number of rotatable bonds is 2. The highest BCUT2D eigenvalue weighted by atomic mass is 32.1. The standard InChI is InChI=1S/C14H11NO2S/c1-9-8-18-11-7-12(17-14(16)13(9)11)15-10-5-3-2-4-6-10/h2-8,15H,1H3. The first-order valence-corrected chi connectivity index (χ1v) is 6.46. The highest BCUT2D eigenvalue weighted by Gasteiger charge is 2.08. The van der Waals surface area contributed by atoms with Crippen LogP contribution in [-0.4, -0.2) is 0 Å². The molecule has 3 rings (SSSR count). The van der Waals surface area contributed by atoms with Crippen molar-refractivity contribution in [2.24, 2.45) is 0 Å². The van der Waals surface area contributed by atoms with Crippen molar-refractivity contribution >= 4 is 33.0 Å². The monoisotopic (exact) mass is 257 g/mol. The van der Waals surface area contributed by atoms with Crippen LogP contribution >= 0.6 is 11.3 Å². The van der Waals surface area contributed by atoms with Crippen LogP contribution in [0.1, 0.15) is 5.56 Å². The number of thiophene rings is 1. The zero-order valence-electron chi connectivity index (χ0n) is 9.77. The molecule has 90 valence electrons. The Labute approximate surface area is 108 Å². The number of nitrogens with one attached hydrogen (secondary N) is 1. The average molecular weight is 257 g/mol. The van der Waals surface area contributed by atoms with Crippen LogP contribution in [-0.2, 0) is 0 Å². The van der Waals surface area contributed by atoms with Gasteiger partial charge in [0.15, 0.2) is 0 Å². The lowest BCUT2D eigenvalue weighted by Gasteiger charge is -2.04. The van der Waals surface area contributed by atoms with Gasteiger partial charge in [-0.05, 0) is 30.0 Å². The zero-order valence-corrected chi connectivity index (χ0v) is 10.6. The summed E-state index contributed by atoms with van der Waals surface area (Å²) >= 11 is 1.55. The SMILES string of the molecule is Cc1csc2cc(Nc3ccccc3)oc(=O)c12. The van der Waals surface area contributed by atoms with E-state index < -0.39 is 0 Å². The largest absolute Gasteiger partial charge is 0.406 e. The quantitative estimate of drug-likeness (QED) is 0.757. The Morgan fingerprint density at radius 3 is 2.78 bits per heavy atom. The Morgan fingerprint density at radius 1 is 1.22 bits per heavy atom. The lowest BCUT2D eigenvalue weighted by molar-refractivity contribution is 0.538. The minimum Gasteiger partial charge on any atom is -0.406 e. The van der Waals surface area contributed by atoms with Crippen LogP contribution < -0.4 is 10.9 Å². The normalized spacial score (nSPS) is 10.7. The molecule has 0 unspecified atom stereocenters. The van der Waals surface area contributed by atoms with Crippen LogP contribution in [0.15, 0.2) is 51.0 Å². The second kappa shape index (κ2) is 4.31. The van der Waals surface area contributed by atoms with Gasteiger partial charge in [-0.25, -0.2) is 4.79 Å². The van der Waals surface area contributed by atoms with Gasteiger partial charge in [-0.3, -0.25) is 0 Å². The summed E-state index contributed by atoms with van der Waals surface area (Å²) in [5.41, 5.74) is 1.58. The van der Waals surface area contributed by atoms with E-state index in [0.717, 1.165) is 16.0 Å². The Kier molecular flexibility index (Phi) is 2.64. The minimum atomic E-state index is -0.287. The molecule has 0 aliphatic rings. The third-order valence-corrected chi connectivity index (χ3v) is 3.76. The van der Waals surface area contributed by atoms with Crippen LogP contribution in [0.5, 0.6) is 0 Å². The van der Waals surface area contributed by atoms with Gasteiger partial charge < -0.3 is 9.73 Å². The summed E-state index contributed by atoms with van der Waals surface area (Å²) in [6, 6.07) is 11.5. The summed E-state index contributed by atoms with van der Waals surface area (Å²) in [6.45, 7) is 1.92. The summed E-state index contributed by atoms with van der Waals surface area (Å²) in [5.74, 6) is 0.473. The molecule has 0 spiro atoms. The fourth-order valence-electron chi connectivity index (χ4n) is 1.86. The Balaban J connectivity index is 2.06. The molecule has 0 radical (unpaired) electrons. The van der Waals surface area contributed by atoms with Crippen molar-refractivity contribution in [3.05, 3.63) is 57.8 Å². The Hall–Kier alpha value is -2.07. The summed E-state index contributed by atoms with van der Waals surface area (Å²) in [4.78, 5) is 11.9. The molecule has 2 heterocycles. The van der Waals surface area contributed by atoms with Crippen LogP contribution in [0.3, 0.4) is 0 Å². The number of fused-ring (bicyclic) bond motifs is 1. The average Bonchev–Trinajstić information content (AvgIpc) is 2.72. The Bertz CT molecular complexity index is 743. The number of hydrogen-bond donors (Lipinski definition) is 1. The number of para-hydroxylation sites is 1. The van der Waals surface area contributed by atoms with Crippen LogP contribution in [0.25, 0.3) is 10.1 Å². The molecule has 0 aliphatic heterocycles. The van der Waals surface area contributed by atoms with E-state index >= 15 is 0 Å². The van der Waals surface area contributed by atoms with E-state index in [9.17, 15) is 4.79 Å². The third-order valence-electron chi connectivity index (χ3n) is 2.71. The first kappa shape index (κ1) is 11.0. The van der Waals surface area contributed by atoms with Crippen molar-refractivity contribution < 1.29 is 4.42 Å². The first-order chi connectivity index (χ1) is 8.74. The molecule has 4 heteroatoms. The van der Waals surface area contributed by atoms with Gasteiger partial charge in [0.2, 0.25) is 5.88 Å². The molecule has 2 aromatic heterocycles. The molecular weight excluding hydrogens is 246 g/mol. The van der Waals surface area contributed by atoms with Gasteiger partial charge in [0, 0.05) is 16.5 Å². The van der Waals surface area contributed by atoms with E-state index in [0.29, 0.717) is 11.3 Å². The molecule has 3 aromatic rings. The number of benzene rings is 1. The summed E-state index contributed by atoms with van der Waals surface area (Å²) in [5, 5.41) is 5.73. The molecule has 1 aromatic carbocycles. The molecular formula is C14H11NO2S. The summed E-state index contributed by atoms with van der Waals surface area (Å²) in [7, 11) is 0. The fourth-order valence-corrected chi connectivity index (χ4v) is 2.82. The number of aryl methyl sites for hydroxylation is 1. The first-order valence-electron chi connectivity index (χ1n) is 5.58. The third kappa shape index (κ3) is 1.91. The zero-order chi connectivity index (χ0) is 12.5. The lowest BCUT2D eigenvalue weighted by Crippen LogP contribution is -2.01. The smallest absolute Gasteiger partial charge is 0.346 e. The minimum absolute atomic E-state index is 0.287. The predicted octanol–water partition coefficient (Wildman–Crippen LogP) is 3.91. The van der Waals surface area contributed by atoms with Gasteiger partial charge >= 0.3 is 5.63 Å². The molecule has 0 aliphatic carbocycles. The van der Waals surface area contributed by atoms with E-state index in [-0.39, 0.29) is 5.63 Å². The Morgan fingerprint density at radius 2 is 2.00 bits per heavy atom. The van der Waals surface area contributed by atoms with Crippen molar-refractivity contribution in [3.63, 3.8) is 0 Å². The number of anilines is 2. The van der Waals surface area contributed by atoms with Gasteiger partial charge in [0.05, 0.1) is 5.39 Å². The van der Waals surface area contributed by atoms with E-state index in [1.54, 1.807) is 11.3 Å². The van der Waals surface area contributed by atoms with Crippen molar-refractivity contribution in [3.8, 4) is 0 Å². The van der Waals surface area contributed by atoms with Gasteiger partial charge in [-0.1, -0.05) is 18.2 Å². The highest BCUT2D eigenvalue weighted by Crippen LogP contribution is 2.26. The van der Waals surface area contributed by atoms with Crippen LogP contribution in [0.2, 0.25) is 0 Å². The topological polar surface area (TPSA) is 42.2 Å². The lowest BCUT2D eigenvalue weighted by atomic mass is 10.2. The molecule has 0 amide bonds. The maximum absolute atomic E-state index is 11.9. The van der Waals surface area contributed by atoms with Crippen molar-refractivity contribution in [2.75, 3.05) is 5.32 Å². The fraction of sp³-hybridized carbons (Fsp3) is 0.0714. The molecule has 18 heavy (non-hydrogen) atoms. The molecule has 0 fully saturated rings. The molecule has 0 atom stereocenters. The van der Waals surface area contributed by atoms with Gasteiger partial charge in [-0.15, -0.1) is 11.3 Å². The number of hydrogen-bond acceptors (Lipinski definition) is 4. The molecule has 3 nitrogen and oxygen atoms in total. The molecule has 1 N–H and O–H groups in total. The second-order valence-corrected chi connectivity index (χ2v) is 4.96. The van der Waals surface area contributed by atoms with Crippen LogP contribution in [0, 0.1) is 6.92 Å². The molecule has 0 bridgehead atoms. The maximum Gasteiger partial charge on any atom is 0.346 e. The van der Waals surface area contributed by atoms with Crippen LogP contribution in [0.4, 0.5) is 11.6 Å². The van der Waals surface area contributed by atoms with Crippen molar-refractivity contribution in [2.45, 2.75) is 6.92 Å². The predicted molar refractivity (Wildman–Crippen MR) is 74.8 cm³/mol. The highest BCUT2D eigenvalue weighted by molar-refractivity contribution is 7.17. The summed E-state index contributed by atoms with van der Waals surface area (Å²) in [6.07, 6.45) is 0. The van der Waals surface area contributed by atoms with E-state index in [1.807, 2.05) is 48.7 Å². The van der Waals surface area contributed by atoms with Gasteiger partial charge in [0.25, 0.3) is 0 Å². The van der Waals surface area contributed by atoms with E-state index in [4.69, 9.17) is 4.42 Å². The molecule has 0 saturated carbocycles. The van der Waals surface area contributed by atoms with E-state index in [2.05, 4.69) is 5.32 Å². The van der Waals surface area contributed by atoms with Crippen molar-refractivity contribution in [1.82, 2.24) is 0 Å². The maximum atomic E-state index is 11.9. The summed E-state index contributed by atoms with van der Waals surface area (Å²) < 4.78 is 6.22. The van der Waals surface area contributed by atoms with Crippen molar-refractivity contribution in [1.29, 1.82) is 0 Å². The van der Waals surface area contributed by atoms with E-state index in [1.165, 1.54) is 0 Å². The van der Waals surface area contributed by atoms with Gasteiger partial charge in [0.1, 0.15) is 0 Å². The molecule has 0 saturated heterocycles. The second-order valence-electron chi connectivity index (χ2n) is 4.05.